The molecule has 1 fully saturated rings. The molecule has 4 heteroatoms. The van der Waals surface area contributed by atoms with Crippen LogP contribution in [0.15, 0.2) is 29.2 Å². The summed E-state index contributed by atoms with van der Waals surface area (Å²) in [7, 11) is 0. The van der Waals surface area contributed by atoms with Gasteiger partial charge in [-0.3, -0.25) is 9.69 Å². The van der Waals surface area contributed by atoms with Gasteiger partial charge in [0, 0.05) is 44.5 Å². The second-order valence-corrected chi connectivity index (χ2v) is 5.09. The molecule has 2 heterocycles. The number of nitrogens with two attached hydrogens (primary N) is 1. The Morgan fingerprint density at radius 1 is 1.35 bits per heavy atom. The molecule has 0 amide bonds. The Kier molecular flexibility index (Phi) is 3.97. The van der Waals surface area contributed by atoms with Crippen LogP contribution < -0.4 is 11.3 Å². The molecule has 0 spiro atoms. The summed E-state index contributed by atoms with van der Waals surface area (Å²) < 4.78 is 1.75. The van der Waals surface area contributed by atoms with Gasteiger partial charge >= 0.3 is 0 Å². The number of pyridine rings is 1. The molecule has 2 rings (SSSR count). The van der Waals surface area contributed by atoms with Gasteiger partial charge in [-0.15, -0.1) is 0 Å². The molecular formula is C13H21N3O. The predicted molar refractivity (Wildman–Crippen MR) is 68.9 cm³/mol. The molecule has 1 aromatic heterocycles. The van der Waals surface area contributed by atoms with Crippen molar-refractivity contribution < 1.29 is 0 Å². The van der Waals surface area contributed by atoms with Gasteiger partial charge in [0.2, 0.25) is 0 Å². The van der Waals surface area contributed by atoms with E-state index in [0.29, 0.717) is 5.92 Å². The topological polar surface area (TPSA) is 51.3 Å². The molecule has 0 bridgehead atoms. The smallest absolute Gasteiger partial charge is 0.250 e. The molecule has 2 N–H and O–H groups in total. The Hall–Kier alpha value is -1.13. The van der Waals surface area contributed by atoms with Crippen LogP contribution in [0.4, 0.5) is 0 Å². The van der Waals surface area contributed by atoms with Crippen LogP contribution in [-0.2, 0) is 6.54 Å². The highest BCUT2D eigenvalue weighted by atomic mass is 16.1. The van der Waals surface area contributed by atoms with Gasteiger partial charge in [0.15, 0.2) is 0 Å². The van der Waals surface area contributed by atoms with Crippen molar-refractivity contribution in [2.24, 2.45) is 11.7 Å². The Balaban J connectivity index is 1.90. The summed E-state index contributed by atoms with van der Waals surface area (Å²) in [5.41, 5.74) is 6.08. The van der Waals surface area contributed by atoms with Crippen LogP contribution in [0.5, 0.6) is 0 Å². The van der Waals surface area contributed by atoms with Gasteiger partial charge in [-0.2, -0.15) is 0 Å². The van der Waals surface area contributed by atoms with Crippen LogP contribution in [0, 0.1) is 5.92 Å². The minimum atomic E-state index is 0.0712. The van der Waals surface area contributed by atoms with Gasteiger partial charge in [0.05, 0.1) is 0 Å². The summed E-state index contributed by atoms with van der Waals surface area (Å²) in [4.78, 5) is 13.9. The highest BCUT2D eigenvalue weighted by molar-refractivity contribution is 4.93. The lowest BCUT2D eigenvalue weighted by Gasteiger charge is -2.34. The van der Waals surface area contributed by atoms with Gasteiger partial charge in [-0.1, -0.05) is 13.0 Å². The number of nitrogens with zero attached hydrogens (tertiary/aromatic N) is 2. The second-order valence-electron chi connectivity index (χ2n) is 5.09. The van der Waals surface area contributed by atoms with Gasteiger partial charge in [0.25, 0.3) is 5.56 Å². The number of rotatable bonds is 3. The van der Waals surface area contributed by atoms with Crippen LogP contribution in [0.2, 0.25) is 0 Å². The maximum Gasteiger partial charge on any atom is 0.250 e. The molecule has 4 nitrogen and oxygen atoms in total. The number of hydrogen-bond donors (Lipinski definition) is 1. The summed E-state index contributed by atoms with van der Waals surface area (Å²) in [6, 6.07) is 5.56. The van der Waals surface area contributed by atoms with Gasteiger partial charge in [-0.25, -0.2) is 0 Å². The first-order valence-electron chi connectivity index (χ1n) is 6.28. The minimum Gasteiger partial charge on any atom is -0.327 e. The highest BCUT2D eigenvalue weighted by Gasteiger charge is 2.21. The van der Waals surface area contributed by atoms with Crippen LogP contribution >= 0.6 is 0 Å². The van der Waals surface area contributed by atoms with E-state index in [1.807, 2.05) is 12.3 Å². The van der Waals surface area contributed by atoms with Crippen molar-refractivity contribution in [1.82, 2.24) is 9.47 Å². The number of aromatic nitrogens is 1. The van der Waals surface area contributed by atoms with Crippen molar-refractivity contribution in [1.29, 1.82) is 0 Å². The van der Waals surface area contributed by atoms with Crippen LogP contribution in [0.3, 0.4) is 0 Å². The van der Waals surface area contributed by atoms with Crippen molar-refractivity contribution in [3.63, 3.8) is 0 Å². The molecule has 0 saturated carbocycles. The third-order valence-corrected chi connectivity index (χ3v) is 3.32. The lowest BCUT2D eigenvalue weighted by Crippen LogP contribution is -2.47. The standard InChI is InChI=1S/C13H21N3O/c1-11-8-12(14)10-15(9-11)6-7-16-5-3-2-4-13(16)17/h2-5,11-12H,6-10,14H2,1H3. The molecule has 1 aliphatic rings. The van der Waals surface area contributed by atoms with E-state index >= 15 is 0 Å². The Morgan fingerprint density at radius 3 is 2.88 bits per heavy atom. The molecule has 0 radical (unpaired) electrons. The van der Waals surface area contributed by atoms with E-state index in [9.17, 15) is 4.79 Å². The van der Waals surface area contributed by atoms with E-state index in [1.165, 1.54) is 0 Å². The van der Waals surface area contributed by atoms with E-state index in [1.54, 1.807) is 16.7 Å². The minimum absolute atomic E-state index is 0.0712. The third kappa shape index (κ3) is 3.41. The van der Waals surface area contributed by atoms with Gasteiger partial charge in [-0.05, 0) is 18.4 Å². The van der Waals surface area contributed by atoms with Gasteiger partial charge < -0.3 is 10.3 Å². The number of piperidine rings is 1. The normalized spacial score (nSPS) is 26.0. The lowest BCUT2D eigenvalue weighted by molar-refractivity contribution is 0.160. The van der Waals surface area contributed by atoms with Crippen LogP contribution in [0.25, 0.3) is 0 Å². The van der Waals surface area contributed by atoms with E-state index in [0.717, 1.165) is 32.6 Å². The van der Waals surface area contributed by atoms with Crippen LogP contribution in [0.1, 0.15) is 13.3 Å². The summed E-state index contributed by atoms with van der Waals surface area (Å²) >= 11 is 0. The zero-order chi connectivity index (χ0) is 12.3. The molecule has 94 valence electrons. The first kappa shape index (κ1) is 12.3. The molecule has 2 atom stereocenters. The molecule has 1 saturated heterocycles. The summed E-state index contributed by atoms with van der Waals surface area (Å²) in [6.07, 6.45) is 2.96. The monoisotopic (exact) mass is 235 g/mol. The van der Waals surface area contributed by atoms with E-state index in [4.69, 9.17) is 5.73 Å². The highest BCUT2D eigenvalue weighted by Crippen LogP contribution is 2.14. The van der Waals surface area contributed by atoms with E-state index < -0.39 is 0 Å². The molecule has 17 heavy (non-hydrogen) atoms. The SMILES string of the molecule is CC1CC(N)CN(CCn2ccccc2=O)C1. The Morgan fingerprint density at radius 2 is 2.18 bits per heavy atom. The summed E-state index contributed by atoms with van der Waals surface area (Å²) in [5.74, 6) is 0.659. The average Bonchev–Trinajstić information content (AvgIpc) is 2.27. The number of hydrogen-bond acceptors (Lipinski definition) is 3. The Labute approximate surface area is 102 Å². The zero-order valence-electron chi connectivity index (χ0n) is 10.4. The summed E-state index contributed by atoms with van der Waals surface area (Å²) in [6.45, 7) is 5.93. The van der Waals surface area contributed by atoms with Gasteiger partial charge in [0.1, 0.15) is 0 Å². The molecule has 1 aliphatic heterocycles. The zero-order valence-corrected chi connectivity index (χ0v) is 10.4. The molecule has 2 unspecified atom stereocenters. The summed E-state index contributed by atoms with van der Waals surface area (Å²) in [5, 5.41) is 0. The molecule has 1 aromatic rings. The largest absolute Gasteiger partial charge is 0.327 e. The quantitative estimate of drug-likeness (QED) is 0.831. The molecule has 0 aliphatic carbocycles. The molecular weight excluding hydrogens is 214 g/mol. The predicted octanol–water partition coefficient (Wildman–Crippen LogP) is 0.517. The average molecular weight is 235 g/mol. The van der Waals surface area contributed by atoms with Crippen LogP contribution in [-0.4, -0.2) is 35.1 Å². The van der Waals surface area contributed by atoms with E-state index in [-0.39, 0.29) is 11.6 Å². The maximum atomic E-state index is 11.5. The molecule has 0 aromatic carbocycles. The first-order chi connectivity index (χ1) is 8.15. The second kappa shape index (κ2) is 5.47. The lowest BCUT2D eigenvalue weighted by atomic mass is 9.97. The fraction of sp³-hybridized carbons (Fsp3) is 0.615. The van der Waals surface area contributed by atoms with Crippen molar-refractivity contribution in [3.8, 4) is 0 Å². The first-order valence-corrected chi connectivity index (χ1v) is 6.28. The number of likely N-dealkylation sites (tertiary alicyclic amines) is 1. The van der Waals surface area contributed by atoms with Crippen molar-refractivity contribution in [2.75, 3.05) is 19.6 Å². The third-order valence-electron chi connectivity index (χ3n) is 3.32. The Bertz CT molecular complexity index is 405. The van der Waals surface area contributed by atoms with Crippen molar-refractivity contribution >= 4 is 0 Å². The fourth-order valence-electron chi connectivity index (χ4n) is 2.59. The maximum absolute atomic E-state index is 11.5. The van der Waals surface area contributed by atoms with Crippen molar-refractivity contribution in [2.45, 2.75) is 25.9 Å². The van der Waals surface area contributed by atoms with Crippen molar-refractivity contribution in [3.05, 3.63) is 34.7 Å². The fourth-order valence-corrected chi connectivity index (χ4v) is 2.59. The van der Waals surface area contributed by atoms with E-state index in [2.05, 4.69) is 11.8 Å².